The highest BCUT2D eigenvalue weighted by Gasteiger charge is 2.47. The molecular formula is C28H24ClNO8. The molecule has 9 nitrogen and oxygen atoms in total. The molecular weight excluding hydrogens is 514 g/mol. The molecule has 1 amide bonds. The van der Waals surface area contributed by atoms with Crippen molar-refractivity contribution in [2.45, 2.75) is 12.5 Å². The van der Waals surface area contributed by atoms with Gasteiger partial charge in [-0.1, -0.05) is 35.9 Å². The van der Waals surface area contributed by atoms with Gasteiger partial charge in [0.2, 0.25) is 0 Å². The number of aliphatic hydroxyl groups excluding tert-OH is 1. The standard InChI is InChI=1S/C28H24ClNO8/c1-36-18-10-6-16(7-11-18)25-24(26(33)19-13-22(38-3)20(29)14-21(19)37-2)27(34)28(35)30(25)17-8-4-15(5-9-17)12-23(31)32/h4-11,13-14,25,33H,12H2,1-3H3,(H,31,32)/b26-24+. The summed E-state index contributed by atoms with van der Waals surface area (Å²) in [6.07, 6.45) is -0.195. The van der Waals surface area contributed by atoms with Crippen LogP contribution in [0.4, 0.5) is 5.69 Å². The number of benzene rings is 3. The van der Waals surface area contributed by atoms with E-state index in [1.54, 1.807) is 48.5 Å². The molecule has 1 atom stereocenters. The summed E-state index contributed by atoms with van der Waals surface area (Å²) < 4.78 is 15.9. The molecule has 10 heteroatoms. The van der Waals surface area contributed by atoms with Crippen LogP contribution in [-0.2, 0) is 20.8 Å². The van der Waals surface area contributed by atoms with Crippen LogP contribution in [0.1, 0.15) is 22.7 Å². The summed E-state index contributed by atoms with van der Waals surface area (Å²) in [6, 6.07) is 14.8. The second-order valence-electron chi connectivity index (χ2n) is 8.37. The Bertz CT molecular complexity index is 1430. The van der Waals surface area contributed by atoms with Gasteiger partial charge in [0, 0.05) is 11.8 Å². The predicted molar refractivity (Wildman–Crippen MR) is 140 cm³/mol. The summed E-state index contributed by atoms with van der Waals surface area (Å²) in [5.41, 5.74) is 1.35. The number of carbonyl (C=O) groups excluding carboxylic acids is 2. The first-order chi connectivity index (χ1) is 18.2. The number of aliphatic hydroxyl groups is 1. The zero-order chi connectivity index (χ0) is 27.6. The molecule has 0 aliphatic carbocycles. The minimum atomic E-state index is -1.02. The van der Waals surface area contributed by atoms with E-state index in [1.165, 1.54) is 38.4 Å². The number of amides is 1. The van der Waals surface area contributed by atoms with Crippen LogP contribution in [0.5, 0.6) is 17.2 Å². The number of ketones is 1. The Morgan fingerprint density at radius 1 is 0.895 bits per heavy atom. The quantitative estimate of drug-likeness (QED) is 0.242. The Morgan fingerprint density at radius 2 is 1.53 bits per heavy atom. The number of rotatable bonds is 8. The van der Waals surface area contributed by atoms with E-state index in [4.69, 9.17) is 30.9 Å². The first-order valence-electron chi connectivity index (χ1n) is 11.4. The van der Waals surface area contributed by atoms with Crippen LogP contribution in [-0.4, -0.2) is 49.2 Å². The lowest BCUT2D eigenvalue weighted by Gasteiger charge is -2.26. The van der Waals surface area contributed by atoms with Crippen LogP contribution < -0.4 is 19.1 Å². The van der Waals surface area contributed by atoms with Crippen molar-refractivity contribution in [3.05, 3.63) is 87.9 Å². The van der Waals surface area contributed by atoms with E-state index in [9.17, 15) is 19.5 Å². The molecule has 0 bridgehead atoms. The Kier molecular flexibility index (Phi) is 7.59. The third-order valence-electron chi connectivity index (χ3n) is 6.17. The molecule has 1 fully saturated rings. The summed E-state index contributed by atoms with van der Waals surface area (Å²) in [6.45, 7) is 0. The molecule has 3 aromatic rings. The first kappa shape index (κ1) is 26.6. The van der Waals surface area contributed by atoms with Crippen molar-refractivity contribution in [1.29, 1.82) is 0 Å². The van der Waals surface area contributed by atoms with Crippen molar-refractivity contribution >= 4 is 40.7 Å². The molecule has 38 heavy (non-hydrogen) atoms. The summed E-state index contributed by atoms with van der Waals surface area (Å²) in [5, 5.41) is 20.8. The van der Waals surface area contributed by atoms with E-state index in [2.05, 4.69) is 0 Å². The van der Waals surface area contributed by atoms with Gasteiger partial charge in [-0.3, -0.25) is 19.3 Å². The summed E-state index contributed by atoms with van der Waals surface area (Å²) in [7, 11) is 4.30. The van der Waals surface area contributed by atoms with Gasteiger partial charge >= 0.3 is 5.97 Å². The molecule has 0 saturated carbocycles. The number of carboxylic acid groups (broad SMARTS) is 1. The van der Waals surface area contributed by atoms with Crippen LogP contribution in [0.2, 0.25) is 5.02 Å². The minimum Gasteiger partial charge on any atom is -0.507 e. The molecule has 1 heterocycles. The highest BCUT2D eigenvalue weighted by molar-refractivity contribution is 6.51. The number of hydrogen-bond acceptors (Lipinski definition) is 7. The van der Waals surface area contributed by atoms with Gasteiger partial charge in [-0.2, -0.15) is 0 Å². The Balaban J connectivity index is 1.93. The third-order valence-corrected chi connectivity index (χ3v) is 6.47. The van der Waals surface area contributed by atoms with Crippen molar-refractivity contribution in [2.24, 2.45) is 0 Å². The number of Topliss-reactive ketones (excluding diaryl/α,β-unsaturated/α-hetero) is 1. The van der Waals surface area contributed by atoms with E-state index < -0.39 is 29.5 Å². The van der Waals surface area contributed by atoms with Gasteiger partial charge in [0.25, 0.3) is 11.7 Å². The predicted octanol–water partition coefficient (Wildman–Crippen LogP) is 4.62. The topological polar surface area (TPSA) is 123 Å². The van der Waals surface area contributed by atoms with Crippen LogP contribution in [0.3, 0.4) is 0 Å². The number of hydrogen-bond donors (Lipinski definition) is 2. The maximum Gasteiger partial charge on any atom is 0.307 e. The zero-order valence-electron chi connectivity index (χ0n) is 20.7. The van der Waals surface area contributed by atoms with Gasteiger partial charge in [0.1, 0.15) is 23.0 Å². The van der Waals surface area contributed by atoms with E-state index in [1.807, 2.05) is 0 Å². The van der Waals surface area contributed by atoms with E-state index in [0.717, 1.165) is 0 Å². The lowest BCUT2D eigenvalue weighted by atomic mass is 9.94. The normalized spacial score (nSPS) is 16.4. The second-order valence-corrected chi connectivity index (χ2v) is 8.77. The van der Waals surface area contributed by atoms with Crippen LogP contribution in [0.15, 0.2) is 66.2 Å². The summed E-state index contributed by atoms with van der Waals surface area (Å²) in [4.78, 5) is 39.2. The average Bonchev–Trinajstić information content (AvgIpc) is 3.18. The van der Waals surface area contributed by atoms with Crippen molar-refractivity contribution in [3.8, 4) is 17.2 Å². The molecule has 196 valence electrons. The maximum absolute atomic E-state index is 13.4. The van der Waals surface area contributed by atoms with Crippen molar-refractivity contribution in [2.75, 3.05) is 26.2 Å². The van der Waals surface area contributed by atoms with E-state index in [0.29, 0.717) is 22.6 Å². The Morgan fingerprint density at radius 3 is 2.08 bits per heavy atom. The number of carboxylic acids is 1. The van der Waals surface area contributed by atoms with Gasteiger partial charge in [-0.25, -0.2) is 0 Å². The molecule has 3 aromatic carbocycles. The molecule has 1 saturated heterocycles. The fraction of sp³-hybridized carbons (Fsp3) is 0.179. The van der Waals surface area contributed by atoms with Gasteiger partial charge in [0.15, 0.2) is 0 Å². The van der Waals surface area contributed by atoms with Gasteiger partial charge in [0.05, 0.1) is 50.0 Å². The molecule has 4 rings (SSSR count). The van der Waals surface area contributed by atoms with E-state index in [-0.39, 0.29) is 34.1 Å². The van der Waals surface area contributed by atoms with E-state index >= 15 is 0 Å². The molecule has 2 N–H and O–H groups in total. The monoisotopic (exact) mass is 537 g/mol. The minimum absolute atomic E-state index is 0.113. The lowest BCUT2D eigenvalue weighted by molar-refractivity contribution is -0.136. The Labute approximate surface area is 223 Å². The third kappa shape index (κ3) is 4.88. The second kappa shape index (κ2) is 10.9. The number of halogens is 1. The largest absolute Gasteiger partial charge is 0.507 e. The number of anilines is 1. The number of aliphatic carboxylic acids is 1. The van der Waals surface area contributed by atoms with Gasteiger partial charge in [-0.05, 0) is 41.5 Å². The number of nitrogens with zero attached hydrogens (tertiary/aromatic N) is 1. The SMILES string of the molecule is COc1ccc(C2/C(=C(\O)c3cc(OC)c(Cl)cc3OC)C(=O)C(=O)N2c2ccc(CC(=O)O)cc2)cc1. The lowest BCUT2D eigenvalue weighted by Crippen LogP contribution is -2.29. The van der Waals surface area contributed by atoms with Crippen LogP contribution in [0, 0.1) is 0 Å². The summed E-state index contributed by atoms with van der Waals surface area (Å²) in [5.74, 6) is -2.27. The maximum atomic E-state index is 13.4. The number of methoxy groups -OCH3 is 3. The molecule has 1 aliphatic rings. The zero-order valence-corrected chi connectivity index (χ0v) is 21.5. The number of carbonyl (C=O) groups is 3. The Hall–Kier alpha value is -4.50. The van der Waals surface area contributed by atoms with Gasteiger partial charge < -0.3 is 24.4 Å². The van der Waals surface area contributed by atoms with Crippen molar-refractivity contribution in [1.82, 2.24) is 0 Å². The van der Waals surface area contributed by atoms with Gasteiger partial charge in [-0.15, -0.1) is 0 Å². The average molecular weight is 538 g/mol. The summed E-state index contributed by atoms with van der Waals surface area (Å²) >= 11 is 6.22. The van der Waals surface area contributed by atoms with Crippen LogP contribution >= 0.6 is 11.6 Å². The molecule has 0 radical (unpaired) electrons. The number of ether oxygens (including phenoxy) is 3. The fourth-order valence-corrected chi connectivity index (χ4v) is 4.57. The highest BCUT2D eigenvalue weighted by Crippen LogP contribution is 2.45. The molecule has 1 aliphatic heterocycles. The molecule has 1 unspecified atom stereocenters. The smallest absolute Gasteiger partial charge is 0.307 e. The molecule has 0 spiro atoms. The van der Waals surface area contributed by atoms with Crippen molar-refractivity contribution < 1.29 is 38.8 Å². The van der Waals surface area contributed by atoms with Crippen molar-refractivity contribution in [3.63, 3.8) is 0 Å². The fourth-order valence-electron chi connectivity index (χ4n) is 4.34. The first-order valence-corrected chi connectivity index (χ1v) is 11.8. The molecule has 0 aromatic heterocycles. The highest BCUT2D eigenvalue weighted by atomic mass is 35.5. The van der Waals surface area contributed by atoms with Crippen LogP contribution in [0.25, 0.3) is 5.76 Å².